The van der Waals surface area contributed by atoms with Crippen molar-refractivity contribution < 1.29 is 14.3 Å². The second kappa shape index (κ2) is 3.82. The molecule has 3 rings (SSSR count). The Balaban J connectivity index is 2.12. The minimum absolute atomic E-state index is 0.0829. The van der Waals surface area contributed by atoms with Crippen LogP contribution in [0.2, 0.25) is 0 Å². The van der Waals surface area contributed by atoms with Crippen LogP contribution in [0.1, 0.15) is 30.9 Å². The number of fused-ring (bicyclic) bond motifs is 3. The first kappa shape index (κ1) is 11.7. The van der Waals surface area contributed by atoms with Gasteiger partial charge in [-0.25, -0.2) is 0 Å². The lowest BCUT2D eigenvalue weighted by Crippen LogP contribution is -2.52. The topological polar surface area (TPSA) is 35.5 Å². The second-order valence-electron chi connectivity index (χ2n) is 5.56. The fourth-order valence-electron chi connectivity index (χ4n) is 3.29. The molecule has 1 aromatic carbocycles. The van der Waals surface area contributed by atoms with Crippen molar-refractivity contribution in [1.82, 2.24) is 0 Å². The van der Waals surface area contributed by atoms with Gasteiger partial charge in [0.05, 0.1) is 11.5 Å². The number of carbonyl (C=O) groups excluding carboxylic acids is 1. The Morgan fingerprint density at radius 2 is 2.17 bits per heavy atom. The molecule has 3 nitrogen and oxygen atoms in total. The Morgan fingerprint density at radius 1 is 1.39 bits per heavy atom. The fraction of sp³-hybridized carbons (Fsp3) is 0.533. The first-order valence-corrected chi connectivity index (χ1v) is 6.38. The number of ketones is 1. The SMILES string of the molecule is CO[C@@H]1CC(=O)C[C@H]2Oc3ccc(C)cc3[C@@]12C. The van der Waals surface area contributed by atoms with Gasteiger partial charge in [-0.3, -0.25) is 4.79 Å². The van der Waals surface area contributed by atoms with Crippen LogP contribution in [0.3, 0.4) is 0 Å². The zero-order valence-corrected chi connectivity index (χ0v) is 11.0. The van der Waals surface area contributed by atoms with Gasteiger partial charge in [0.25, 0.3) is 0 Å². The van der Waals surface area contributed by atoms with Crippen LogP contribution in [0.25, 0.3) is 0 Å². The van der Waals surface area contributed by atoms with Crippen molar-refractivity contribution in [2.24, 2.45) is 0 Å². The van der Waals surface area contributed by atoms with Gasteiger partial charge in [0, 0.05) is 25.5 Å². The molecular weight excluding hydrogens is 228 g/mol. The van der Waals surface area contributed by atoms with Crippen LogP contribution in [0.5, 0.6) is 5.75 Å². The number of methoxy groups -OCH3 is 1. The average Bonchev–Trinajstić information content (AvgIpc) is 2.62. The van der Waals surface area contributed by atoms with E-state index in [0.29, 0.717) is 12.8 Å². The van der Waals surface area contributed by atoms with Crippen molar-refractivity contribution in [3.05, 3.63) is 29.3 Å². The van der Waals surface area contributed by atoms with Gasteiger partial charge in [0.2, 0.25) is 0 Å². The second-order valence-corrected chi connectivity index (χ2v) is 5.56. The highest BCUT2D eigenvalue weighted by Crippen LogP contribution is 2.50. The minimum Gasteiger partial charge on any atom is -0.489 e. The molecule has 2 aliphatic rings. The van der Waals surface area contributed by atoms with Crippen LogP contribution in [0.4, 0.5) is 0 Å². The molecule has 1 heterocycles. The molecule has 0 spiro atoms. The van der Waals surface area contributed by atoms with Gasteiger partial charge in [0.15, 0.2) is 0 Å². The van der Waals surface area contributed by atoms with Gasteiger partial charge < -0.3 is 9.47 Å². The summed E-state index contributed by atoms with van der Waals surface area (Å²) in [6.45, 7) is 4.23. The number of rotatable bonds is 1. The van der Waals surface area contributed by atoms with Crippen molar-refractivity contribution in [3.8, 4) is 5.75 Å². The summed E-state index contributed by atoms with van der Waals surface area (Å²) in [5, 5.41) is 0. The molecule has 0 saturated heterocycles. The molecule has 0 aromatic heterocycles. The molecule has 1 aliphatic carbocycles. The molecule has 0 radical (unpaired) electrons. The largest absolute Gasteiger partial charge is 0.489 e. The minimum atomic E-state index is -0.204. The highest BCUT2D eigenvalue weighted by atomic mass is 16.5. The molecule has 18 heavy (non-hydrogen) atoms. The zero-order chi connectivity index (χ0) is 12.9. The third kappa shape index (κ3) is 1.43. The third-order valence-electron chi connectivity index (χ3n) is 4.43. The van der Waals surface area contributed by atoms with E-state index >= 15 is 0 Å². The highest BCUT2D eigenvalue weighted by Gasteiger charge is 2.54. The highest BCUT2D eigenvalue weighted by molar-refractivity contribution is 5.82. The average molecular weight is 246 g/mol. The maximum Gasteiger partial charge on any atom is 0.139 e. The quantitative estimate of drug-likeness (QED) is 0.763. The Labute approximate surface area is 107 Å². The van der Waals surface area contributed by atoms with Gasteiger partial charge in [-0.1, -0.05) is 17.7 Å². The number of aryl methyl sites for hydroxylation is 1. The number of hydrogen-bond acceptors (Lipinski definition) is 3. The molecular formula is C15H18O3. The van der Waals surface area contributed by atoms with E-state index in [9.17, 15) is 4.79 Å². The van der Waals surface area contributed by atoms with Crippen molar-refractivity contribution in [3.63, 3.8) is 0 Å². The molecule has 0 bridgehead atoms. The lowest BCUT2D eigenvalue weighted by atomic mass is 9.67. The van der Waals surface area contributed by atoms with E-state index in [1.54, 1.807) is 7.11 Å². The maximum absolute atomic E-state index is 11.8. The summed E-state index contributed by atoms with van der Waals surface area (Å²) in [5.41, 5.74) is 2.20. The Morgan fingerprint density at radius 3 is 2.89 bits per heavy atom. The number of hydrogen-bond donors (Lipinski definition) is 0. The molecule has 3 atom stereocenters. The lowest BCUT2D eigenvalue weighted by Gasteiger charge is -2.40. The Kier molecular flexibility index (Phi) is 2.49. The van der Waals surface area contributed by atoms with Crippen molar-refractivity contribution in [2.45, 2.75) is 44.3 Å². The molecule has 1 aromatic rings. The van der Waals surface area contributed by atoms with Crippen molar-refractivity contribution in [2.75, 3.05) is 7.11 Å². The molecule has 0 amide bonds. The van der Waals surface area contributed by atoms with E-state index in [1.807, 2.05) is 12.1 Å². The molecule has 1 aliphatic heterocycles. The summed E-state index contributed by atoms with van der Waals surface area (Å²) in [6.07, 6.45) is 0.803. The molecule has 0 unspecified atom stereocenters. The number of benzene rings is 1. The summed E-state index contributed by atoms with van der Waals surface area (Å²) in [5.74, 6) is 1.14. The maximum atomic E-state index is 11.8. The lowest BCUT2D eigenvalue weighted by molar-refractivity contribution is -0.131. The van der Waals surface area contributed by atoms with Gasteiger partial charge in [-0.2, -0.15) is 0 Å². The number of carbonyl (C=O) groups is 1. The molecule has 1 saturated carbocycles. The molecule has 1 fully saturated rings. The van der Waals surface area contributed by atoms with Crippen molar-refractivity contribution >= 4 is 5.78 Å². The molecule has 0 N–H and O–H groups in total. The molecule has 96 valence electrons. The van der Waals surface area contributed by atoms with Gasteiger partial charge in [-0.05, 0) is 19.9 Å². The normalized spacial score (nSPS) is 33.8. The first-order chi connectivity index (χ1) is 8.55. The van der Waals surface area contributed by atoms with E-state index in [2.05, 4.69) is 19.9 Å². The standard InChI is InChI=1S/C15H18O3/c1-9-4-5-12-11(6-9)15(2)13(17-3)7-10(16)8-14(15)18-12/h4-6,13-14H,7-8H2,1-3H3/t13-,14-,15+/m1/s1. The van der Waals surface area contributed by atoms with Crippen molar-refractivity contribution in [1.29, 1.82) is 0 Å². The summed E-state index contributed by atoms with van der Waals surface area (Å²) >= 11 is 0. The summed E-state index contributed by atoms with van der Waals surface area (Å²) < 4.78 is 11.5. The summed E-state index contributed by atoms with van der Waals surface area (Å²) in [6, 6.07) is 6.21. The van der Waals surface area contributed by atoms with Gasteiger partial charge >= 0.3 is 0 Å². The van der Waals surface area contributed by atoms with Crippen LogP contribution in [-0.2, 0) is 14.9 Å². The first-order valence-electron chi connectivity index (χ1n) is 6.38. The van der Waals surface area contributed by atoms with E-state index in [0.717, 1.165) is 5.75 Å². The van der Waals surface area contributed by atoms with E-state index in [-0.39, 0.29) is 23.4 Å². The van der Waals surface area contributed by atoms with Crippen LogP contribution < -0.4 is 4.74 Å². The number of ether oxygens (including phenoxy) is 2. The van der Waals surface area contributed by atoms with Crippen LogP contribution in [0.15, 0.2) is 18.2 Å². The fourth-order valence-corrected chi connectivity index (χ4v) is 3.29. The van der Waals surface area contributed by atoms with Crippen LogP contribution in [-0.4, -0.2) is 25.1 Å². The monoisotopic (exact) mass is 246 g/mol. The summed E-state index contributed by atoms with van der Waals surface area (Å²) in [7, 11) is 1.68. The van der Waals surface area contributed by atoms with E-state index in [1.165, 1.54) is 11.1 Å². The van der Waals surface area contributed by atoms with Gasteiger partial charge in [-0.15, -0.1) is 0 Å². The Hall–Kier alpha value is -1.35. The predicted molar refractivity (Wildman–Crippen MR) is 68.0 cm³/mol. The third-order valence-corrected chi connectivity index (χ3v) is 4.43. The van der Waals surface area contributed by atoms with Gasteiger partial charge in [0.1, 0.15) is 17.6 Å². The Bertz CT molecular complexity index is 496. The van der Waals surface area contributed by atoms with Crippen LogP contribution in [0, 0.1) is 6.92 Å². The predicted octanol–water partition coefficient (Wildman–Crippen LogP) is 2.39. The summed E-state index contributed by atoms with van der Waals surface area (Å²) in [4.78, 5) is 11.8. The zero-order valence-electron chi connectivity index (χ0n) is 11.0. The molecule has 3 heteroatoms. The van der Waals surface area contributed by atoms with E-state index < -0.39 is 0 Å². The smallest absolute Gasteiger partial charge is 0.139 e. The van der Waals surface area contributed by atoms with Crippen LogP contribution >= 0.6 is 0 Å². The van der Waals surface area contributed by atoms with E-state index in [4.69, 9.17) is 9.47 Å². The number of Topliss-reactive ketones (excluding diaryl/α,β-unsaturated/α-hetero) is 1.